The largest absolute Gasteiger partial charge is 0.271 e. The first-order valence-corrected chi connectivity index (χ1v) is 6.80. The van der Waals surface area contributed by atoms with Gasteiger partial charge in [-0.3, -0.25) is 5.84 Å². The quantitative estimate of drug-likeness (QED) is 0.376. The van der Waals surface area contributed by atoms with Crippen LogP contribution in [0.2, 0.25) is 10.2 Å². The normalized spacial score (nSPS) is 12.5. The summed E-state index contributed by atoms with van der Waals surface area (Å²) in [5, 5.41) is 0.369. The maximum absolute atomic E-state index is 14.2. The Morgan fingerprint density at radius 3 is 2.58 bits per heavy atom. The lowest BCUT2D eigenvalue weighted by molar-refractivity contribution is 0.559. The fourth-order valence-corrected chi connectivity index (χ4v) is 2.28. The number of hydrogen-bond acceptors (Lipinski definition) is 3. The molecule has 19 heavy (non-hydrogen) atoms. The zero-order valence-corrected chi connectivity index (χ0v) is 12.6. The number of pyridine rings is 1. The SMILES string of the molecule is NNC(c1ccc(Cl)nc1)c1ccc(Br)c(Cl)c1F. The maximum atomic E-state index is 14.2. The molecule has 0 aliphatic carbocycles. The van der Waals surface area contributed by atoms with Crippen LogP contribution in [0.5, 0.6) is 0 Å². The van der Waals surface area contributed by atoms with Crippen LogP contribution >= 0.6 is 39.1 Å². The van der Waals surface area contributed by atoms with E-state index in [0.29, 0.717) is 20.8 Å². The zero-order chi connectivity index (χ0) is 14.0. The highest BCUT2D eigenvalue weighted by atomic mass is 79.9. The summed E-state index contributed by atoms with van der Waals surface area (Å²) >= 11 is 14.8. The molecule has 0 saturated heterocycles. The number of benzene rings is 1. The van der Waals surface area contributed by atoms with Gasteiger partial charge in [-0.15, -0.1) is 0 Å². The average Bonchev–Trinajstić information content (AvgIpc) is 2.41. The summed E-state index contributed by atoms with van der Waals surface area (Å²) in [4.78, 5) is 3.95. The molecule has 0 bridgehead atoms. The van der Waals surface area contributed by atoms with Crippen LogP contribution in [0.25, 0.3) is 0 Å². The molecule has 2 aromatic rings. The van der Waals surface area contributed by atoms with E-state index in [2.05, 4.69) is 26.3 Å². The van der Waals surface area contributed by atoms with Crippen molar-refractivity contribution in [3.05, 3.63) is 62.1 Å². The highest BCUT2D eigenvalue weighted by Gasteiger charge is 2.20. The first kappa shape index (κ1) is 14.7. The molecule has 1 unspecified atom stereocenters. The first-order chi connectivity index (χ1) is 9.04. The summed E-state index contributed by atoms with van der Waals surface area (Å²) in [6.07, 6.45) is 1.53. The summed E-state index contributed by atoms with van der Waals surface area (Å²) in [6, 6.07) is 6.03. The van der Waals surface area contributed by atoms with Crippen molar-refractivity contribution in [2.24, 2.45) is 5.84 Å². The minimum Gasteiger partial charge on any atom is -0.271 e. The van der Waals surface area contributed by atoms with E-state index >= 15 is 0 Å². The van der Waals surface area contributed by atoms with Crippen LogP contribution in [0, 0.1) is 5.82 Å². The van der Waals surface area contributed by atoms with Crippen LogP contribution in [0.15, 0.2) is 34.9 Å². The molecule has 7 heteroatoms. The number of aromatic nitrogens is 1. The van der Waals surface area contributed by atoms with Gasteiger partial charge in [0.2, 0.25) is 0 Å². The second-order valence-corrected chi connectivity index (χ2v) is 5.40. The number of nitrogens with one attached hydrogen (secondary N) is 1. The van der Waals surface area contributed by atoms with Gasteiger partial charge in [0.25, 0.3) is 0 Å². The highest BCUT2D eigenvalue weighted by Crippen LogP contribution is 2.32. The number of hydrogen-bond donors (Lipinski definition) is 2. The molecule has 0 spiro atoms. The van der Waals surface area contributed by atoms with Gasteiger partial charge in [0, 0.05) is 16.2 Å². The maximum Gasteiger partial charge on any atom is 0.148 e. The molecule has 0 amide bonds. The van der Waals surface area contributed by atoms with Crippen molar-refractivity contribution >= 4 is 39.1 Å². The molecular formula is C12H9BrCl2FN3. The average molecular weight is 365 g/mol. The van der Waals surface area contributed by atoms with E-state index < -0.39 is 11.9 Å². The van der Waals surface area contributed by atoms with Crippen LogP contribution in [-0.4, -0.2) is 4.98 Å². The van der Waals surface area contributed by atoms with Gasteiger partial charge in [-0.2, -0.15) is 0 Å². The summed E-state index contributed by atoms with van der Waals surface area (Å²) < 4.78 is 14.6. The number of rotatable bonds is 3. The van der Waals surface area contributed by atoms with Gasteiger partial charge >= 0.3 is 0 Å². The second kappa shape index (κ2) is 6.15. The molecular weight excluding hydrogens is 356 g/mol. The Balaban J connectivity index is 2.48. The molecule has 3 N–H and O–H groups in total. The van der Waals surface area contributed by atoms with Crippen LogP contribution in [-0.2, 0) is 0 Å². The molecule has 1 heterocycles. The lowest BCUT2D eigenvalue weighted by Crippen LogP contribution is -2.29. The van der Waals surface area contributed by atoms with Crippen molar-refractivity contribution in [3.8, 4) is 0 Å². The number of nitrogens with zero attached hydrogens (tertiary/aromatic N) is 1. The molecule has 1 aromatic heterocycles. The van der Waals surface area contributed by atoms with Gasteiger partial charge in [-0.05, 0) is 33.6 Å². The predicted molar refractivity (Wildman–Crippen MR) is 77.5 cm³/mol. The third-order valence-corrected chi connectivity index (χ3v) is 4.11. The van der Waals surface area contributed by atoms with Crippen molar-refractivity contribution in [1.29, 1.82) is 0 Å². The molecule has 0 aliphatic rings. The lowest BCUT2D eigenvalue weighted by Gasteiger charge is -2.18. The van der Waals surface area contributed by atoms with Gasteiger partial charge in [-0.25, -0.2) is 14.8 Å². The summed E-state index contributed by atoms with van der Waals surface area (Å²) in [5.41, 5.74) is 3.56. The highest BCUT2D eigenvalue weighted by molar-refractivity contribution is 9.10. The van der Waals surface area contributed by atoms with Crippen molar-refractivity contribution in [1.82, 2.24) is 10.4 Å². The summed E-state index contributed by atoms with van der Waals surface area (Å²) in [6.45, 7) is 0. The van der Waals surface area contributed by atoms with E-state index in [-0.39, 0.29) is 5.02 Å². The van der Waals surface area contributed by atoms with Crippen molar-refractivity contribution < 1.29 is 4.39 Å². The Morgan fingerprint density at radius 1 is 1.26 bits per heavy atom. The van der Waals surface area contributed by atoms with E-state index in [9.17, 15) is 4.39 Å². The van der Waals surface area contributed by atoms with Crippen LogP contribution in [0.1, 0.15) is 17.2 Å². The molecule has 0 aliphatic heterocycles. The predicted octanol–water partition coefficient (Wildman–Crippen LogP) is 3.84. The molecule has 1 aromatic carbocycles. The molecule has 100 valence electrons. The number of nitrogens with two attached hydrogens (primary N) is 1. The van der Waals surface area contributed by atoms with Crippen molar-refractivity contribution in [3.63, 3.8) is 0 Å². The Labute approximate surface area is 128 Å². The van der Waals surface area contributed by atoms with E-state index in [1.165, 1.54) is 6.20 Å². The topological polar surface area (TPSA) is 50.9 Å². The van der Waals surface area contributed by atoms with E-state index in [1.54, 1.807) is 24.3 Å². The zero-order valence-electron chi connectivity index (χ0n) is 9.50. The van der Waals surface area contributed by atoms with Crippen molar-refractivity contribution in [2.75, 3.05) is 0 Å². The molecule has 3 nitrogen and oxygen atoms in total. The molecule has 0 radical (unpaired) electrons. The Morgan fingerprint density at radius 2 is 2.00 bits per heavy atom. The number of halogens is 4. The second-order valence-electron chi connectivity index (χ2n) is 3.78. The lowest BCUT2D eigenvalue weighted by atomic mass is 10.0. The van der Waals surface area contributed by atoms with Gasteiger partial charge in [0.15, 0.2) is 0 Å². The molecule has 2 rings (SSSR count). The third-order valence-electron chi connectivity index (χ3n) is 2.63. The van der Waals surface area contributed by atoms with E-state index in [4.69, 9.17) is 29.0 Å². The molecule has 0 fully saturated rings. The van der Waals surface area contributed by atoms with Crippen LogP contribution in [0.4, 0.5) is 4.39 Å². The summed E-state index contributed by atoms with van der Waals surface area (Å²) in [7, 11) is 0. The van der Waals surface area contributed by atoms with Gasteiger partial charge in [0.1, 0.15) is 11.0 Å². The fraction of sp³-hybridized carbons (Fsp3) is 0.0833. The minimum absolute atomic E-state index is 0.0136. The first-order valence-electron chi connectivity index (χ1n) is 5.25. The van der Waals surface area contributed by atoms with Gasteiger partial charge in [0.05, 0.1) is 11.1 Å². The van der Waals surface area contributed by atoms with Crippen LogP contribution in [0.3, 0.4) is 0 Å². The smallest absolute Gasteiger partial charge is 0.148 e. The Bertz CT molecular complexity index is 592. The molecule has 0 saturated carbocycles. The van der Waals surface area contributed by atoms with Gasteiger partial charge in [-0.1, -0.05) is 35.3 Å². The Kier molecular flexibility index (Phi) is 4.76. The monoisotopic (exact) mass is 363 g/mol. The van der Waals surface area contributed by atoms with E-state index in [0.717, 1.165) is 0 Å². The standard InChI is InChI=1S/C12H9BrCl2FN3/c13-8-3-2-7(11(16)10(8)15)12(19-17)6-1-4-9(14)18-5-6/h1-5,12,19H,17H2. The molecule has 1 atom stereocenters. The fourth-order valence-electron chi connectivity index (χ4n) is 1.69. The number of hydrazine groups is 1. The summed E-state index contributed by atoms with van der Waals surface area (Å²) in [5.74, 6) is 4.97. The third kappa shape index (κ3) is 3.07. The van der Waals surface area contributed by atoms with Crippen molar-refractivity contribution in [2.45, 2.75) is 6.04 Å². The Hall–Kier alpha value is -0.720. The van der Waals surface area contributed by atoms with E-state index in [1.807, 2.05) is 0 Å². The van der Waals surface area contributed by atoms with Crippen LogP contribution < -0.4 is 11.3 Å². The van der Waals surface area contributed by atoms with Gasteiger partial charge < -0.3 is 0 Å². The minimum atomic E-state index is -0.560.